The molecule has 1 aromatic rings. The molecule has 1 aromatic carbocycles. The van der Waals surface area contributed by atoms with E-state index in [0.717, 1.165) is 0 Å². The summed E-state index contributed by atoms with van der Waals surface area (Å²) in [6.07, 6.45) is 0. The molecule has 1 aliphatic rings. The summed E-state index contributed by atoms with van der Waals surface area (Å²) in [5.74, 6) is 0.770. The van der Waals surface area contributed by atoms with Crippen molar-refractivity contribution in [3.8, 4) is 5.75 Å². The van der Waals surface area contributed by atoms with Crippen LogP contribution >= 0.6 is 0 Å². The van der Waals surface area contributed by atoms with Gasteiger partial charge in [-0.25, -0.2) is 4.99 Å². The molecule has 1 aliphatic heterocycles. The number of nitrogens with zero attached hydrogens (tertiary/aromatic N) is 1. The molecule has 0 saturated carbocycles. The molecular weight excluding hydrogens is 154 g/mol. The number of aromatic hydroxyl groups is 1. The lowest BCUT2D eigenvalue weighted by molar-refractivity contribution is 0.346. The molecule has 0 bridgehead atoms. The fourth-order valence-corrected chi connectivity index (χ4v) is 1.15. The van der Waals surface area contributed by atoms with Gasteiger partial charge in [0.25, 0.3) is 0 Å². The zero-order valence-electron chi connectivity index (χ0n) is 6.53. The Labute approximate surface area is 70.3 Å². The van der Waals surface area contributed by atoms with Crippen molar-refractivity contribution in [1.29, 1.82) is 0 Å². The fourth-order valence-electron chi connectivity index (χ4n) is 1.15. The van der Waals surface area contributed by atoms with E-state index in [-0.39, 0.29) is 5.75 Å². The van der Waals surface area contributed by atoms with E-state index < -0.39 is 0 Å². The predicted octanol–water partition coefficient (Wildman–Crippen LogP) is 1.17. The number of phenolic OH excluding ortho intramolecular Hbond substituents is 1. The largest absolute Gasteiger partial charge is 0.507 e. The van der Waals surface area contributed by atoms with Crippen LogP contribution in [0.1, 0.15) is 5.56 Å². The van der Waals surface area contributed by atoms with Gasteiger partial charge in [-0.3, -0.25) is 0 Å². The summed E-state index contributed by atoms with van der Waals surface area (Å²) in [5, 5.41) is 9.41. The van der Waals surface area contributed by atoms with Crippen molar-refractivity contribution in [2.24, 2.45) is 4.99 Å². The summed E-state index contributed by atoms with van der Waals surface area (Å²) in [6, 6.07) is 7.03. The third kappa shape index (κ3) is 1.13. The van der Waals surface area contributed by atoms with E-state index in [4.69, 9.17) is 4.74 Å². The van der Waals surface area contributed by atoms with Gasteiger partial charge in [0, 0.05) is 0 Å². The Morgan fingerprint density at radius 2 is 2.17 bits per heavy atom. The lowest BCUT2D eigenvalue weighted by atomic mass is 10.2. The highest BCUT2D eigenvalue weighted by molar-refractivity contribution is 5.97. The summed E-state index contributed by atoms with van der Waals surface area (Å²) >= 11 is 0. The average molecular weight is 163 g/mol. The van der Waals surface area contributed by atoms with Crippen LogP contribution in [0.15, 0.2) is 29.3 Å². The van der Waals surface area contributed by atoms with Crippen molar-refractivity contribution in [1.82, 2.24) is 0 Å². The summed E-state index contributed by atoms with van der Waals surface area (Å²) in [6.45, 7) is 1.30. The highest BCUT2D eigenvalue weighted by Gasteiger charge is 2.12. The molecule has 62 valence electrons. The summed E-state index contributed by atoms with van der Waals surface area (Å²) in [4.78, 5) is 4.10. The third-order valence-electron chi connectivity index (χ3n) is 1.72. The Balaban J connectivity index is 2.39. The van der Waals surface area contributed by atoms with Crippen LogP contribution in [0.3, 0.4) is 0 Å². The molecule has 0 atom stereocenters. The Morgan fingerprint density at radius 3 is 2.83 bits per heavy atom. The van der Waals surface area contributed by atoms with Crippen LogP contribution in [-0.4, -0.2) is 24.2 Å². The van der Waals surface area contributed by atoms with E-state index in [0.29, 0.717) is 24.6 Å². The van der Waals surface area contributed by atoms with Crippen LogP contribution in [0.4, 0.5) is 0 Å². The van der Waals surface area contributed by atoms with E-state index in [1.54, 1.807) is 18.2 Å². The maximum Gasteiger partial charge on any atom is 0.220 e. The Kier molecular flexibility index (Phi) is 1.70. The first-order valence-corrected chi connectivity index (χ1v) is 3.83. The smallest absolute Gasteiger partial charge is 0.220 e. The minimum absolute atomic E-state index is 0.221. The molecule has 0 spiro atoms. The average Bonchev–Trinajstić information content (AvgIpc) is 2.57. The van der Waals surface area contributed by atoms with Gasteiger partial charge < -0.3 is 9.84 Å². The van der Waals surface area contributed by atoms with E-state index in [1.807, 2.05) is 6.07 Å². The van der Waals surface area contributed by atoms with Crippen LogP contribution < -0.4 is 0 Å². The first kappa shape index (κ1) is 7.16. The van der Waals surface area contributed by atoms with Crippen molar-refractivity contribution in [3.63, 3.8) is 0 Å². The van der Waals surface area contributed by atoms with Gasteiger partial charge in [-0.15, -0.1) is 0 Å². The van der Waals surface area contributed by atoms with E-state index >= 15 is 0 Å². The second kappa shape index (κ2) is 2.85. The molecule has 0 unspecified atom stereocenters. The van der Waals surface area contributed by atoms with Gasteiger partial charge in [-0.05, 0) is 12.1 Å². The molecule has 1 heterocycles. The topological polar surface area (TPSA) is 41.8 Å². The quantitative estimate of drug-likeness (QED) is 0.675. The number of para-hydroxylation sites is 1. The van der Waals surface area contributed by atoms with Crippen LogP contribution in [0, 0.1) is 0 Å². The number of aliphatic imine (C=N–C) groups is 1. The zero-order valence-corrected chi connectivity index (χ0v) is 6.53. The molecule has 3 nitrogen and oxygen atoms in total. The molecule has 0 amide bonds. The summed E-state index contributed by atoms with van der Waals surface area (Å²) in [5.41, 5.74) is 0.676. The Bertz CT molecular complexity index is 320. The van der Waals surface area contributed by atoms with Crippen LogP contribution in [0.25, 0.3) is 0 Å². The van der Waals surface area contributed by atoms with Crippen molar-refractivity contribution in [3.05, 3.63) is 29.8 Å². The molecule has 0 aromatic heterocycles. The van der Waals surface area contributed by atoms with Crippen LogP contribution in [0.5, 0.6) is 5.75 Å². The second-order valence-corrected chi connectivity index (χ2v) is 2.55. The van der Waals surface area contributed by atoms with Gasteiger partial charge in [0.05, 0.1) is 12.1 Å². The monoisotopic (exact) mass is 163 g/mol. The number of ether oxygens (including phenoxy) is 1. The molecular formula is C9H9NO2. The van der Waals surface area contributed by atoms with Crippen LogP contribution in [-0.2, 0) is 4.74 Å². The van der Waals surface area contributed by atoms with Gasteiger partial charge in [0.2, 0.25) is 5.90 Å². The lowest BCUT2D eigenvalue weighted by Crippen LogP contribution is -2.00. The molecule has 12 heavy (non-hydrogen) atoms. The zero-order chi connectivity index (χ0) is 8.39. The number of hydrogen-bond donors (Lipinski definition) is 1. The fraction of sp³-hybridized carbons (Fsp3) is 0.222. The highest BCUT2D eigenvalue weighted by atomic mass is 16.5. The van der Waals surface area contributed by atoms with E-state index in [1.165, 1.54) is 0 Å². The van der Waals surface area contributed by atoms with Gasteiger partial charge in [-0.1, -0.05) is 12.1 Å². The minimum atomic E-state index is 0.221. The SMILES string of the molecule is Oc1ccccc1C1=NCCO1. The maximum absolute atomic E-state index is 9.41. The lowest BCUT2D eigenvalue weighted by Gasteiger charge is -2.02. The van der Waals surface area contributed by atoms with Gasteiger partial charge in [0.15, 0.2) is 0 Å². The summed E-state index contributed by atoms with van der Waals surface area (Å²) in [7, 11) is 0. The number of benzene rings is 1. The van der Waals surface area contributed by atoms with Gasteiger partial charge in [0.1, 0.15) is 12.4 Å². The third-order valence-corrected chi connectivity index (χ3v) is 1.72. The number of hydrogen-bond acceptors (Lipinski definition) is 3. The number of rotatable bonds is 1. The standard InChI is InChI=1S/C9H9NO2/c11-8-4-2-1-3-7(8)9-10-5-6-12-9/h1-4,11H,5-6H2. The molecule has 3 heteroatoms. The molecule has 0 aliphatic carbocycles. The first-order chi connectivity index (χ1) is 5.88. The summed E-state index contributed by atoms with van der Waals surface area (Å²) < 4.78 is 5.21. The maximum atomic E-state index is 9.41. The first-order valence-electron chi connectivity index (χ1n) is 3.83. The van der Waals surface area contributed by atoms with Crippen molar-refractivity contribution in [2.75, 3.05) is 13.2 Å². The van der Waals surface area contributed by atoms with Crippen LogP contribution in [0.2, 0.25) is 0 Å². The van der Waals surface area contributed by atoms with Crippen molar-refractivity contribution >= 4 is 5.90 Å². The van der Waals surface area contributed by atoms with E-state index in [9.17, 15) is 5.11 Å². The Hall–Kier alpha value is -1.51. The Morgan fingerprint density at radius 1 is 1.33 bits per heavy atom. The number of phenols is 1. The molecule has 2 rings (SSSR count). The minimum Gasteiger partial charge on any atom is -0.507 e. The highest BCUT2D eigenvalue weighted by Crippen LogP contribution is 2.18. The molecule has 0 fully saturated rings. The normalized spacial score (nSPS) is 15.5. The second-order valence-electron chi connectivity index (χ2n) is 2.55. The van der Waals surface area contributed by atoms with Gasteiger partial charge >= 0.3 is 0 Å². The van der Waals surface area contributed by atoms with E-state index in [2.05, 4.69) is 4.99 Å². The molecule has 0 saturated heterocycles. The molecule has 0 radical (unpaired) electrons. The van der Waals surface area contributed by atoms with Crippen molar-refractivity contribution < 1.29 is 9.84 Å². The van der Waals surface area contributed by atoms with Crippen molar-refractivity contribution in [2.45, 2.75) is 0 Å². The van der Waals surface area contributed by atoms with Gasteiger partial charge in [-0.2, -0.15) is 0 Å². The predicted molar refractivity (Wildman–Crippen MR) is 45.5 cm³/mol. The molecule has 1 N–H and O–H groups in total.